The molecule has 0 fully saturated rings. The van der Waals surface area contributed by atoms with Crippen molar-refractivity contribution >= 4 is 24.0 Å². The van der Waals surface area contributed by atoms with E-state index in [2.05, 4.69) is 5.32 Å². The van der Waals surface area contributed by atoms with E-state index in [1.165, 1.54) is 12.1 Å². The molecule has 0 bridgehead atoms. The Labute approximate surface area is 107 Å². The Bertz CT molecular complexity index is 376. The predicted molar refractivity (Wildman–Crippen MR) is 69.8 cm³/mol. The number of hydrogen-bond acceptors (Lipinski definition) is 2. The zero-order chi connectivity index (χ0) is 12.3. The Balaban J connectivity index is 0.00000256. The minimum absolute atomic E-state index is 0. The lowest BCUT2D eigenvalue weighted by molar-refractivity contribution is -0.118. The second kappa shape index (κ2) is 6.57. The van der Waals surface area contributed by atoms with Gasteiger partial charge in [-0.05, 0) is 36.6 Å². The van der Waals surface area contributed by atoms with Crippen molar-refractivity contribution in [3.05, 3.63) is 29.6 Å². The molecule has 0 heterocycles. The molecule has 17 heavy (non-hydrogen) atoms. The summed E-state index contributed by atoms with van der Waals surface area (Å²) >= 11 is 0. The number of carbonyl (C=O) groups excluding carboxylic acids is 1. The maximum Gasteiger partial charge on any atom is 0.241 e. The average molecular weight is 261 g/mol. The van der Waals surface area contributed by atoms with E-state index in [4.69, 9.17) is 5.73 Å². The summed E-state index contributed by atoms with van der Waals surface area (Å²) in [5, 5.41) is 2.60. The van der Waals surface area contributed by atoms with Gasteiger partial charge in [-0.1, -0.05) is 13.8 Å². The Morgan fingerprint density at radius 3 is 2.41 bits per heavy atom. The Hall–Kier alpha value is -1.13. The van der Waals surface area contributed by atoms with Crippen LogP contribution in [0.3, 0.4) is 0 Å². The van der Waals surface area contributed by atoms with Crippen molar-refractivity contribution in [2.45, 2.75) is 26.8 Å². The lowest BCUT2D eigenvalue weighted by Gasteiger charge is -2.15. The van der Waals surface area contributed by atoms with Crippen LogP contribution in [0, 0.1) is 18.7 Å². The monoisotopic (exact) mass is 260 g/mol. The second-order valence-corrected chi connectivity index (χ2v) is 4.28. The summed E-state index contributed by atoms with van der Waals surface area (Å²) in [5.41, 5.74) is 6.88. The lowest BCUT2D eigenvalue weighted by Crippen LogP contribution is -2.39. The van der Waals surface area contributed by atoms with Crippen LogP contribution in [0.2, 0.25) is 0 Å². The minimum atomic E-state index is -0.580. The summed E-state index contributed by atoms with van der Waals surface area (Å²) in [6.07, 6.45) is 0. The Morgan fingerprint density at radius 2 is 1.94 bits per heavy atom. The number of nitrogens with one attached hydrogen (secondary N) is 1. The molecule has 1 atom stereocenters. The summed E-state index contributed by atoms with van der Waals surface area (Å²) in [7, 11) is 0. The van der Waals surface area contributed by atoms with E-state index in [0.717, 1.165) is 5.56 Å². The molecule has 0 saturated heterocycles. The van der Waals surface area contributed by atoms with Crippen molar-refractivity contribution in [3.8, 4) is 0 Å². The van der Waals surface area contributed by atoms with Gasteiger partial charge in [0.2, 0.25) is 5.91 Å². The summed E-state index contributed by atoms with van der Waals surface area (Å²) in [5.74, 6) is -0.608. The van der Waals surface area contributed by atoms with Gasteiger partial charge in [-0.15, -0.1) is 12.4 Å². The summed E-state index contributed by atoms with van der Waals surface area (Å²) in [4.78, 5) is 11.6. The third-order valence-electron chi connectivity index (χ3n) is 2.33. The molecule has 1 unspecified atom stereocenters. The van der Waals surface area contributed by atoms with Gasteiger partial charge in [0.15, 0.2) is 0 Å². The standard InChI is InChI=1S/C12H17FN2O.ClH/c1-7(2)11(14)12(16)15-10-5-8(3)4-9(13)6-10;/h4-7,11H,14H2,1-3H3,(H,15,16);1H. The van der Waals surface area contributed by atoms with Crippen LogP contribution in [0.4, 0.5) is 10.1 Å². The van der Waals surface area contributed by atoms with Crippen molar-refractivity contribution in [3.63, 3.8) is 0 Å². The number of amides is 1. The van der Waals surface area contributed by atoms with E-state index in [1.807, 2.05) is 13.8 Å². The molecule has 0 saturated carbocycles. The van der Waals surface area contributed by atoms with E-state index in [1.54, 1.807) is 13.0 Å². The van der Waals surface area contributed by atoms with Gasteiger partial charge in [0, 0.05) is 5.69 Å². The van der Waals surface area contributed by atoms with Gasteiger partial charge in [-0.3, -0.25) is 4.79 Å². The molecule has 0 aliphatic carbocycles. The fourth-order valence-corrected chi connectivity index (χ4v) is 1.34. The quantitative estimate of drug-likeness (QED) is 0.877. The minimum Gasteiger partial charge on any atom is -0.325 e. The highest BCUT2D eigenvalue weighted by molar-refractivity contribution is 5.94. The predicted octanol–water partition coefficient (Wildman–Crippen LogP) is 2.48. The molecule has 3 N–H and O–H groups in total. The molecule has 0 spiro atoms. The molecule has 1 aromatic rings. The van der Waals surface area contributed by atoms with Crippen molar-refractivity contribution < 1.29 is 9.18 Å². The van der Waals surface area contributed by atoms with Crippen LogP contribution in [0.1, 0.15) is 19.4 Å². The SMILES string of the molecule is Cc1cc(F)cc(NC(=O)C(N)C(C)C)c1.Cl. The van der Waals surface area contributed by atoms with E-state index in [0.29, 0.717) is 5.69 Å². The highest BCUT2D eigenvalue weighted by Crippen LogP contribution is 2.14. The molecule has 0 aliphatic heterocycles. The average Bonchev–Trinajstić information content (AvgIpc) is 2.14. The summed E-state index contributed by atoms with van der Waals surface area (Å²) in [6, 6.07) is 3.80. The number of carbonyl (C=O) groups is 1. The van der Waals surface area contributed by atoms with Gasteiger partial charge in [0.1, 0.15) is 5.82 Å². The van der Waals surface area contributed by atoms with Crippen LogP contribution in [0.25, 0.3) is 0 Å². The molecule has 1 aromatic carbocycles. The first-order valence-corrected chi connectivity index (χ1v) is 5.24. The van der Waals surface area contributed by atoms with Gasteiger partial charge >= 0.3 is 0 Å². The molecule has 0 aliphatic rings. The maximum absolute atomic E-state index is 13.1. The number of hydrogen-bond donors (Lipinski definition) is 2. The molecule has 1 rings (SSSR count). The van der Waals surface area contributed by atoms with Crippen LogP contribution in [0.5, 0.6) is 0 Å². The van der Waals surface area contributed by atoms with E-state index in [-0.39, 0.29) is 30.0 Å². The van der Waals surface area contributed by atoms with Crippen molar-refractivity contribution in [2.75, 3.05) is 5.32 Å². The third-order valence-corrected chi connectivity index (χ3v) is 2.33. The number of aryl methyl sites for hydroxylation is 1. The van der Waals surface area contributed by atoms with Crippen LogP contribution in [-0.2, 0) is 4.79 Å². The van der Waals surface area contributed by atoms with Crippen molar-refractivity contribution in [1.29, 1.82) is 0 Å². The first-order chi connectivity index (χ1) is 7.40. The van der Waals surface area contributed by atoms with Crippen LogP contribution < -0.4 is 11.1 Å². The number of rotatable bonds is 3. The first kappa shape index (κ1) is 15.9. The fourth-order valence-electron chi connectivity index (χ4n) is 1.34. The van der Waals surface area contributed by atoms with Gasteiger partial charge in [-0.25, -0.2) is 4.39 Å². The van der Waals surface area contributed by atoms with E-state index in [9.17, 15) is 9.18 Å². The second-order valence-electron chi connectivity index (χ2n) is 4.28. The van der Waals surface area contributed by atoms with Crippen molar-refractivity contribution in [2.24, 2.45) is 11.7 Å². The van der Waals surface area contributed by atoms with Crippen LogP contribution in [0.15, 0.2) is 18.2 Å². The number of anilines is 1. The highest BCUT2D eigenvalue weighted by atomic mass is 35.5. The van der Waals surface area contributed by atoms with Crippen molar-refractivity contribution in [1.82, 2.24) is 0 Å². The smallest absolute Gasteiger partial charge is 0.241 e. The number of halogens is 2. The zero-order valence-electron chi connectivity index (χ0n) is 10.2. The van der Waals surface area contributed by atoms with Gasteiger partial charge in [-0.2, -0.15) is 0 Å². The highest BCUT2D eigenvalue weighted by Gasteiger charge is 2.17. The van der Waals surface area contributed by atoms with Crippen LogP contribution in [-0.4, -0.2) is 11.9 Å². The topological polar surface area (TPSA) is 55.1 Å². The fraction of sp³-hybridized carbons (Fsp3) is 0.417. The molecular weight excluding hydrogens is 243 g/mol. The van der Waals surface area contributed by atoms with E-state index < -0.39 is 6.04 Å². The summed E-state index contributed by atoms with van der Waals surface area (Å²) in [6.45, 7) is 5.49. The Kier molecular flexibility index (Phi) is 6.13. The summed E-state index contributed by atoms with van der Waals surface area (Å²) < 4.78 is 13.1. The lowest BCUT2D eigenvalue weighted by atomic mass is 10.0. The molecule has 96 valence electrons. The molecular formula is C12H18ClFN2O. The molecule has 5 heteroatoms. The van der Waals surface area contributed by atoms with Gasteiger partial charge in [0.05, 0.1) is 6.04 Å². The normalized spacial score (nSPS) is 11.9. The number of nitrogens with two attached hydrogens (primary N) is 1. The van der Waals surface area contributed by atoms with Gasteiger partial charge < -0.3 is 11.1 Å². The Morgan fingerprint density at radius 1 is 1.35 bits per heavy atom. The maximum atomic E-state index is 13.1. The molecule has 0 radical (unpaired) electrons. The largest absolute Gasteiger partial charge is 0.325 e. The molecule has 1 amide bonds. The molecule has 3 nitrogen and oxygen atoms in total. The molecule has 0 aromatic heterocycles. The third kappa shape index (κ3) is 4.71. The zero-order valence-corrected chi connectivity index (χ0v) is 11.0. The van der Waals surface area contributed by atoms with E-state index >= 15 is 0 Å². The number of benzene rings is 1. The van der Waals surface area contributed by atoms with Crippen LogP contribution >= 0.6 is 12.4 Å². The van der Waals surface area contributed by atoms with Gasteiger partial charge in [0.25, 0.3) is 0 Å². The first-order valence-electron chi connectivity index (χ1n) is 5.24.